The molecule has 3 N–H and O–H groups in total. The van der Waals surface area contributed by atoms with Crippen LogP contribution in [0.2, 0.25) is 5.02 Å². The quantitative estimate of drug-likeness (QED) is 0.844. The van der Waals surface area contributed by atoms with Crippen LogP contribution in [0.4, 0.5) is 5.69 Å². The lowest BCUT2D eigenvalue weighted by molar-refractivity contribution is 0.767. The van der Waals surface area contributed by atoms with Gasteiger partial charge in [0.2, 0.25) is 0 Å². The van der Waals surface area contributed by atoms with E-state index in [1.165, 1.54) is 0 Å². The van der Waals surface area contributed by atoms with Crippen molar-refractivity contribution in [1.82, 2.24) is 9.78 Å². The molecule has 0 saturated heterocycles. The first-order chi connectivity index (χ1) is 8.56. The summed E-state index contributed by atoms with van der Waals surface area (Å²) >= 11 is 11.0. The highest BCUT2D eigenvalue weighted by atomic mass is 35.5. The van der Waals surface area contributed by atoms with Gasteiger partial charge in [-0.3, -0.25) is 4.68 Å². The first kappa shape index (κ1) is 12.9. The maximum atomic E-state index is 6.09. The van der Waals surface area contributed by atoms with Crippen LogP contribution in [0.15, 0.2) is 30.6 Å². The lowest BCUT2D eigenvalue weighted by atomic mass is 10.2. The van der Waals surface area contributed by atoms with Crippen molar-refractivity contribution >= 4 is 34.5 Å². The van der Waals surface area contributed by atoms with Crippen molar-refractivity contribution < 1.29 is 0 Å². The normalized spacial score (nSPS) is 10.3. The Morgan fingerprint density at radius 1 is 1.56 bits per heavy atom. The molecular weight excluding hydrogens is 268 g/mol. The van der Waals surface area contributed by atoms with Crippen LogP contribution >= 0.6 is 23.8 Å². The van der Waals surface area contributed by atoms with Crippen LogP contribution < -0.4 is 11.1 Å². The summed E-state index contributed by atoms with van der Waals surface area (Å²) in [7, 11) is 1.89. The Labute approximate surface area is 116 Å². The largest absolute Gasteiger partial charge is 0.389 e. The van der Waals surface area contributed by atoms with Gasteiger partial charge in [-0.15, -0.1) is 0 Å². The standard InChI is InChI=1S/C12H13ClN4S/c1-17-7-8(6-16-17)5-15-9-2-3-10(12(14)18)11(13)4-9/h2-4,6-7,15H,5H2,1H3,(H2,14,18). The highest BCUT2D eigenvalue weighted by molar-refractivity contribution is 7.80. The van der Waals surface area contributed by atoms with Gasteiger partial charge < -0.3 is 11.1 Å². The second-order valence-electron chi connectivity index (χ2n) is 3.93. The van der Waals surface area contributed by atoms with Crippen molar-refractivity contribution in [3.8, 4) is 0 Å². The molecule has 2 rings (SSSR count). The third-order valence-corrected chi connectivity index (χ3v) is 3.02. The van der Waals surface area contributed by atoms with Gasteiger partial charge in [0, 0.05) is 36.6 Å². The van der Waals surface area contributed by atoms with E-state index < -0.39 is 0 Å². The molecule has 94 valence electrons. The van der Waals surface area contributed by atoms with E-state index in [-0.39, 0.29) is 0 Å². The number of nitrogens with zero attached hydrogens (tertiary/aromatic N) is 2. The fraction of sp³-hybridized carbons (Fsp3) is 0.167. The summed E-state index contributed by atoms with van der Waals surface area (Å²) in [6, 6.07) is 5.53. The summed E-state index contributed by atoms with van der Waals surface area (Å²) in [5.74, 6) is 0. The second kappa shape index (κ2) is 5.37. The smallest absolute Gasteiger partial charge is 0.105 e. The van der Waals surface area contributed by atoms with Crippen molar-refractivity contribution in [3.63, 3.8) is 0 Å². The number of hydrogen-bond acceptors (Lipinski definition) is 3. The number of aryl methyl sites for hydroxylation is 1. The summed E-state index contributed by atoms with van der Waals surface area (Å²) in [6.07, 6.45) is 3.77. The summed E-state index contributed by atoms with van der Waals surface area (Å²) in [4.78, 5) is 0.304. The van der Waals surface area contributed by atoms with Gasteiger partial charge in [0.15, 0.2) is 0 Å². The number of anilines is 1. The van der Waals surface area contributed by atoms with Gasteiger partial charge in [0.1, 0.15) is 4.99 Å². The van der Waals surface area contributed by atoms with Gasteiger partial charge >= 0.3 is 0 Å². The Balaban J connectivity index is 2.06. The van der Waals surface area contributed by atoms with Crippen LogP contribution in [0.5, 0.6) is 0 Å². The van der Waals surface area contributed by atoms with Crippen LogP contribution in [0.1, 0.15) is 11.1 Å². The van der Waals surface area contributed by atoms with Crippen molar-refractivity contribution in [2.75, 3.05) is 5.32 Å². The summed E-state index contributed by atoms with van der Waals surface area (Å²) in [6.45, 7) is 0.691. The maximum absolute atomic E-state index is 6.09. The monoisotopic (exact) mass is 280 g/mol. The number of benzene rings is 1. The van der Waals surface area contributed by atoms with Gasteiger partial charge in [0.25, 0.3) is 0 Å². The molecule has 4 nitrogen and oxygen atoms in total. The molecular formula is C12H13ClN4S. The Morgan fingerprint density at radius 2 is 2.33 bits per heavy atom. The molecule has 1 aromatic heterocycles. The van der Waals surface area contributed by atoms with Crippen LogP contribution in [0, 0.1) is 0 Å². The number of nitrogens with one attached hydrogen (secondary N) is 1. The Hall–Kier alpha value is -1.59. The van der Waals surface area contributed by atoms with E-state index in [0.717, 1.165) is 11.3 Å². The average Bonchev–Trinajstić information content (AvgIpc) is 2.72. The zero-order chi connectivity index (χ0) is 13.1. The highest BCUT2D eigenvalue weighted by Crippen LogP contribution is 2.21. The topological polar surface area (TPSA) is 55.9 Å². The molecule has 0 radical (unpaired) electrons. The summed E-state index contributed by atoms with van der Waals surface area (Å²) in [5, 5.41) is 7.91. The Bertz CT molecular complexity index is 579. The number of aromatic nitrogens is 2. The lowest BCUT2D eigenvalue weighted by Crippen LogP contribution is -2.10. The van der Waals surface area contributed by atoms with E-state index in [2.05, 4.69) is 10.4 Å². The minimum Gasteiger partial charge on any atom is -0.389 e. The highest BCUT2D eigenvalue weighted by Gasteiger charge is 2.04. The first-order valence-corrected chi connectivity index (χ1v) is 6.15. The SMILES string of the molecule is Cn1cc(CNc2ccc(C(N)=S)c(Cl)c2)cn1. The van der Waals surface area contributed by atoms with Crippen LogP contribution in [-0.2, 0) is 13.6 Å². The van der Waals surface area contributed by atoms with Crippen LogP contribution in [-0.4, -0.2) is 14.8 Å². The van der Waals surface area contributed by atoms with Gasteiger partial charge in [-0.2, -0.15) is 5.10 Å². The van der Waals surface area contributed by atoms with Gasteiger partial charge in [-0.25, -0.2) is 0 Å². The van der Waals surface area contributed by atoms with E-state index >= 15 is 0 Å². The molecule has 0 atom stereocenters. The molecule has 0 fully saturated rings. The predicted octanol–water partition coefficient (Wildman–Crippen LogP) is 2.32. The molecule has 0 aliphatic heterocycles. The Morgan fingerprint density at radius 3 is 2.89 bits per heavy atom. The molecule has 0 aliphatic rings. The molecule has 0 amide bonds. The Kier molecular flexibility index (Phi) is 3.84. The van der Waals surface area contributed by atoms with Crippen molar-refractivity contribution in [1.29, 1.82) is 0 Å². The third kappa shape index (κ3) is 3.00. The molecule has 1 heterocycles. The molecule has 0 unspecified atom stereocenters. The number of nitrogens with two attached hydrogens (primary N) is 1. The molecule has 2 aromatic rings. The third-order valence-electron chi connectivity index (χ3n) is 2.49. The first-order valence-electron chi connectivity index (χ1n) is 5.37. The van der Waals surface area contributed by atoms with Crippen molar-refractivity contribution in [3.05, 3.63) is 46.7 Å². The number of thiocarbonyl (C=S) groups is 1. The fourth-order valence-electron chi connectivity index (χ4n) is 1.59. The number of rotatable bonds is 4. The molecule has 0 aliphatic carbocycles. The lowest BCUT2D eigenvalue weighted by Gasteiger charge is -2.07. The number of halogens is 1. The van der Waals surface area contributed by atoms with Gasteiger partial charge in [0.05, 0.1) is 11.2 Å². The summed E-state index contributed by atoms with van der Waals surface area (Å²) in [5.41, 5.74) is 8.27. The number of hydrogen-bond donors (Lipinski definition) is 2. The molecule has 0 saturated carbocycles. The van der Waals surface area contributed by atoms with Gasteiger partial charge in [-0.1, -0.05) is 23.8 Å². The van der Waals surface area contributed by atoms with Crippen LogP contribution in [0.25, 0.3) is 0 Å². The average molecular weight is 281 g/mol. The van der Waals surface area contributed by atoms with E-state index in [1.54, 1.807) is 4.68 Å². The molecule has 6 heteroatoms. The van der Waals surface area contributed by atoms with Gasteiger partial charge in [-0.05, 0) is 18.2 Å². The van der Waals surface area contributed by atoms with E-state index in [1.807, 2.05) is 37.6 Å². The molecule has 0 bridgehead atoms. The second-order valence-corrected chi connectivity index (χ2v) is 4.78. The van der Waals surface area contributed by atoms with Crippen molar-refractivity contribution in [2.45, 2.75) is 6.54 Å². The zero-order valence-electron chi connectivity index (χ0n) is 9.85. The maximum Gasteiger partial charge on any atom is 0.105 e. The van der Waals surface area contributed by atoms with E-state index in [0.29, 0.717) is 22.1 Å². The summed E-state index contributed by atoms with van der Waals surface area (Å²) < 4.78 is 1.76. The minimum absolute atomic E-state index is 0.304. The van der Waals surface area contributed by atoms with E-state index in [9.17, 15) is 0 Å². The molecule has 18 heavy (non-hydrogen) atoms. The fourth-order valence-corrected chi connectivity index (χ4v) is 2.11. The molecule has 0 spiro atoms. The minimum atomic E-state index is 0.304. The zero-order valence-corrected chi connectivity index (χ0v) is 11.4. The van der Waals surface area contributed by atoms with Crippen LogP contribution in [0.3, 0.4) is 0 Å². The van der Waals surface area contributed by atoms with E-state index in [4.69, 9.17) is 29.6 Å². The van der Waals surface area contributed by atoms with Crippen molar-refractivity contribution in [2.24, 2.45) is 12.8 Å². The molecule has 1 aromatic carbocycles. The predicted molar refractivity (Wildman–Crippen MR) is 77.9 cm³/mol.